The highest BCUT2D eigenvalue weighted by Gasteiger charge is 2.18. The maximum Gasteiger partial charge on any atom is 0.265 e. The van der Waals surface area contributed by atoms with Gasteiger partial charge in [-0.05, 0) is 25.1 Å². The molecular formula is C12H13N3O4S. The highest BCUT2D eigenvalue weighted by atomic mass is 32.2. The molecule has 8 heteroatoms. The summed E-state index contributed by atoms with van der Waals surface area (Å²) in [5.41, 5.74) is 0.244. The first-order valence-corrected chi connectivity index (χ1v) is 7.13. The Bertz CT molecular complexity index is 765. The number of aromatic hydroxyl groups is 1. The fraction of sp³-hybridized carbons (Fsp3) is 0.167. The molecule has 2 aromatic rings. The Morgan fingerprint density at radius 1 is 1.40 bits per heavy atom. The van der Waals surface area contributed by atoms with Crippen LogP contribution >= 0.6 is 0 Å². The van der Waals surface area contributed by atoms with E-state index >= 15 is 0 Å². The van der Waals surface area contributed by atoms with Crippen molar-refractivity contribution >= 4 is 21.5 Å². The van der Waals surface area contributed by atoms with Gasteiger partial charge in [-0.2, -0.15) is 5.10 Å². The third-order valence-corrected chi connectivity index (χ3v) is 3.96. The van der Waals surface area contributed by atoms with Crippen LogP contribution in [0.2, 0.25) is 0 Å². The first-order chi connectivity index (χ1) is 9.29. The molecule has 0 unspecified atom stereocenters. The molecular weight excluding hydrogens is 282 g/mol. The van der Waals surface area contributed by atoms with E-state index in [-0.39, 0.29) is 22.1 Å². The van der Waals surface area contributed by atoms with E-state index in [2.05, 4.69) is 9.82 Å². The van der Waals surface area contributed by atoms with Crippen LogP contribution < -0.4 is 4.72 Å². The monoisotopic (exact) mass is 295 g/mol. The molecule has 0 saturated carbocycles. The maximum atomic E-state index is 12.1. The number of anilines is 1. The molecule has 0 fully saturated rings. The van der Waals surface area contributed by atoms with E-state index in [9.17, 15) is 18.3 Å². The van der Waals surface area contributed by atoms with Gasteiger partial charge in [-0.3, -0.25) is 14.2 Å². The number of nitrogens with zero attached hydrogens (tertiary/aromatic N) is 2. The quantitative estimate of drug-likeness (QED) is 0.650. The Hall–Kier alpha value is -2.35. The number of phenolic OH excluding ortho intramolecular Hbond substituents is 1. The van der Waals surface area contributed by atoms with Gasteiger partial charge >= 0.3 is 0 Å². The summed E-state index contributed by atoms with van der Waals surface area (Å²) >= 11 is 0. The number of phenols is 1. The SMILES string of the molecule is CC(=O)c1ccc(O)c(NS(=O)(=O)c2cnn(C)c2)c1. The summed E-state index contributed by atoms with van der Waals surface area (Å²) in [7, 11) is -2.27. The molecule has 0 aliphatic carbocycles. The van der Waals surface area contributed by atoms with E-state index in [1.807, 2.05) is 0 Å². The molecule has 7 nitrogen and oxygen atoms in total. The van der Waals surface area contributed by atoms with Crippen LogP contribution in [0.15, 0.2) is 35.5 Å². The zero-order valence-electron chi connectivity index (χ0n) is 10.9. The average Bonchev–Trinajstić information content (AvgIpc) is 2.79. The Morgan fingerprint density at radius 3 is 2.65 bits per heavy atom. The maximum absolute atomic E-state index is 12.1. The van der Waals surface area contributed by atoms with Gasteiger partial charge < -0.3 is 5.11 Å². The van der Waals surface area contributed by atoms with Gasteiger partial charge in [0.25, 0.3) is 10.0 Å². The Labute approximate surface area is 115 Å². The number of hydrogen-bond donors (Lipinski definition) is 2. The minimum atomic E-state index is -3.86. The number of Topliss-reactive ketones (excluding diaryl/α,β-unsaturated/α-hetero) is 1. The number of ketones is 1. The van der Waals surface area contributed by atoms with Crippen LogP contribution in [0.1, 0.15) is 17.3 Å². The molecule has 0 aliphatic rings. The second kappa shape index (κ2) is 4.97. The summed E-state index contributed by atoms with van der Waals surface area (Å²) in [5, 5.41) is 13.4. The van der Waals surface area contributed by atoms with Gasteiger partial charge in [0.2, 0.25) is 0 Å². The van der Waals surface area contributed by atoms with Gasteiger partial charge in [0.15, 0.2) is 5.78 Å². The molecule has 2 N–H and O–H groups in total. The highest BCUT2D eigenvalue weighted by Crippen LogP contribution is 2.27. The zero-order chi connectivity index (χ0) is 14.9. The molecule has 2 rings (SSSR count). The van der Waals surface area contributed by atoms with Crippen molar-refractivity contribution in [2.24, 2.45) is 7.05 Å². The first kappa shape index (κ1) is 14.1. The first-order valence-electron chi connectivity index (χ1n) is 5.65. The van der Waals surface area contributed by atoms with E-state index < -0.39 is 10.0 Å². The van der Waals surface area contributed by atoms with Crippen LogP contribution in [0.5, 0.6) is 5.75 Å². The smallest absolute Gasteiger partial charge is 0.265 e. The van der Waals surface area contributed by atoms with Gasteiger partial charge in [-0.25, -0.2) is 8.42 Å². The Morgan fingerprint density at radius 2 is 2.10 bits per heavy atom. The van der Waals surface area contributed by atoms with E-state index in [0.717, 1.165) is 0 Å². The van der Waals surface area contributed by atoms with Crippen molar-refractivity contribution in [1.29, 1.82) is 0 Å². The van der Waals surface area contributed by atoms with Gasteiger partial charge in [-0.1, -0.05) is 0 Å². The summed E-state index contributed by atoms with van der Waals surface area (Å²) in [6.45, 7) is 1.35. The number of rotatable bonds is 4. The predicted molar refractivity (Wildman–Crippen MR) is 72.1 cm³/mol. The van der Waals surface area contributed by atoms with Crippen molar-refractivity contribution in [2.75, 3.05) is 4.72 Å². The molecule has 1 aromatic heterocycles. The summed E-state index contributed by atoms with van der Waals surface area (Å²) in [4.78, 5) is 11.2. The Kier molecular flexibility index (Phi) is 3.49. The van der Waals surface area contributed by atoms with Gasteiger partial charge in [-0.15, -0.1) is 0 Å². The van der Waals surface area contributed by atoms with E-state index in [1.165, 1.54) is 42.2 Å². The van der Waals surface area contributed by atoms with Crippen molar-refractivity contribution in [2.45, 2.75) is 11.8 Å². The van der Waals surface area contributed by atoms with Crippen molar-refractivity contribution in [1.82, 2.24) is 9.78 Å². The van der Waals surface area contributed by atoms with E-state index in [4.69, 9.17) is 0 Å². The minimum absolute atomic E-state index is 0.0346. The predicted octanol–water partition coefficient (Wildman–Crippen LogP) is 1.13. The lowest BCUT2D eigenvalue weighted by atomic mass is 10.1. The number of sulfonamides is 1. The van der Waals surface area contributed by atoms with Crippen LogP contribution in [0.25, 0.3) is 0 Å². The molecule has 20 heavy (non-hydrogen) atoms. The normalized spacial score (nSPS) is 11.3. The van der Waals surface area contributed by atoms with Crippen LogP contribution in [0, 0.1) is 0 Å². The fourth-order valence-electron chi connectivity index (χ4n) is 1.58. The molecule has 1 aromatic carbocycles. The fourth-order valence-corrected chi connectivity index (χ4v) is 2.63. The number of carbonyl (C=O) groups excluding carboxylic acids is 1. The molecule has 0 spiro atoms. The Balaban J connectivity index is 2.39. The van der Waals surface area contributed by atoms with Gasteiger partial charge in [0, 0.05) is 18.8 Å². The topological polar surface area (TPSA) is 101 Å². The minimum Gasteiger partial charge on any atom is -0.506 e. The standard InChI is InChI=1S/C12H13N3O4S/c1-8(16)9-3-4-12(17)11(5-9)14-20(18,19)10-6-13-15(2)7-10/h3-7,14,17H,1-2H3. The number of benzene rings is 1. The van der Waals surface area contributed by atoms with Crippen LogP contribution in [0.4, 0.5) is 5.69 Å². The molecule has 106 valence electrons. The van der Waals surface area contributed by atoms with Gasteiger partial charge in [0.05, 0.1) is 11.9 Å². The summed E-state index contributed by atoms with van der Waals surface area (Å²) in [6, 6.07) is 3.96. The lowest BCUT2D eigenvalue weighted by Gasteiger charge is -2.09. The molecule has 0 aliphatic heterocycles. The second-order valence-corrected chi connectivity index (χ2v) is 5.93. The molecule has 0 saturated heterocycles. The van der Waals surface area contributed by atoms with E-state index in [0.29, 0.717) is 5.56 Å². The third-order valence-electron chi connectivity index (χ3n) is 2.64. The van der Waals surface area contributed by atoms with Crippen LogP contribution in [-0.4, -0.2) is 29.1 Å². The van der Waals surface area contributed by atoms with Crippen molar-refractivity contribution in [3.63, 3.8) is 0 Å². The number of hydrogen-bond acceptors (Lipinski definition) is 5. The van der Waals surface area contributed by atoms with Crippen LogP contribution in [-0.2, 0) is 17.1 Å². The molecule has 1 heterocycles. The van der Waals surface area contributed by atoms with Crippen LogP contribution in [0.3, 0.4) is 0 Å². The number of aryl methyl sites for hydroxylation is 1. The number of nitrogens with one attached hydrogen (secondary N) is 1. The zero-order valence-corrected chi connectivity index (χ0v) is 11.7. The lowest BCUT2D eigenvalue weighted by Crippen LogP contribution is -2.13. The molecule has 0 amide bonds. The highest BCUT2D eigenvalue weighted by molar-refractivity contribution is 7.92. The molecule has 0 radical (unpaired) electrons. The second-order valence-electron chi connectivity index (χ2n) is 4.24. The average molecular weight is 295 g/mol. The van der Waals surface area contributed by atoms with Crippen molar-refractivity contribution in [3.05, 3.63) is 36.2 Å². The number of aromatic nitrogens is 2. The third kappa shape index (κ3) is 2.80. The van der Waals surface area contributed by atoms with E-state index in [1.54, 1.807) is 7.05 Å². The molecule has 0 atom stereocenters. The van der Waals surface area contributed by atoms with Gasteiger partial charge in [0.1, 0.15) is 10.6 Å². The lowest BCUT2D eigenvalue weighted by molar-refractivity contribution is 0.101. The summed E-state index contributed by atoms with van der Waals surface area (Å²) in [5.74, 6) is -0.491. The largest absolute Gasteiger partial charge is 0.506 e. The number of carbonyl (C=O) groups is 1. The van der Waals surface area contributed by atoms with Crippen molar-refractivity contribution in [3.8, 4) is 5.75 Å². The summed E-state index contributed by atoms with van der Waals surface area (Å²) < 4.78 is 27.8. The van der Waals surface area contributed by atoms with Crippen molar-refractivity contribution < 1.29 is 18.3 Å². The molecule has 0 bridgehead atoms. The summed E-state index contributed by atoms with van der Waals surface area (Å²) in [6.07, 6.45) is 2.52.